The van der Waals surface area contributed by atoms with Gasteiger partial charge in [-0.3, -0.25) is 0 Å². The number of anilines is 1. The first-order valence-electron chi connectivity index (χ1n) is 4.68. The molecule has 2 aromatic rings. The van der Waals surface area contributed by atoms with Gasteiger partial charge >= 0.3 is 5.63 Å². The van der Waals surface area contributed by atoms with E-state index in [0.717, 1.165) is 22.1 Å². The molecule has 0 amide bonds. The van der Waals surface area contributed by atoms with Crippen molar-refractivity contribution in [1.29, 1.82) is 0 Å². The summed E-state index contributed by atoms with van der Waals surface area (Å²) in [6, 6.07) is 6.85. The van der Waals surface area contributed by atoms with Gasteiger partial charge in [-0.2, -0.15) is 0 Å². The lowest BCUT2D eigenvalue weighted by atomic mass is 10.2. The molecule has 0 saturated carbocycles. The average Bonchev–Trinajstić information content (AvgIpc) is 2.22. The quantitative estimate of drug-likeness (QED) is 0.851. The number of hydrogen-bond donors (Lipinski definition) is 1. The van der Waals surface area contributed by atoms with Crippen molar-refractivity contribution in [2.45, 2.75) is 6.92 Å². The predicted octanol–water partition coefficient (Wildman–Crippen LogP) is 2.99. The Bertz CT molecular complexity index is 548. The van der Waals surface area contributed by atoms with E-state index >= 15 is 0 Å². The smallest absolute Gasteiger partial charge is 0.336 e. The van der Waals surface area contributed by atoms with Crippen LogP contribution >= 0.6 is 15.9 Å². The minimum Gasteiger partial charge on any atom is -0.423 e. The van der Waals surface area contributed by atoms with Crippen molar-refractivity contribution in [3.8, 4) is 0 Å². The maximum atomic E-state index is 11.0. The largest absolute Gasteiger partial charge is 0.423 e. The van der Waals surface area contributed by atoms with Gasteiger partial charge in [-0.05, 0) is 41.1 Å². The Hall–Kier alpha value is -1.29. The highest BCUT2D eigenvalue weighted by molar-refractivity contribution is 9.10. The summed E-state index contributed by atoms with van der Waals surface area (Å²) in [4.78, 5) is 11.0. The number of fused-ring (bicyclic) bond motifs is 1. The molecular weight excluding hydrogens is 258 g/mol. The molecule has 78 valence electrons. The summed E-state index contributed by atoms with van der Waals surface area (Å²) in [5, 5.41) is 4.11. The van der Waals surface area contributed by atoms with Crippen LogP contribution in [0.15, 0.2) is 37.9 Å². The first kappa shape index (κ1) is 10.2. The van der Waals surface area contributed by atoms with Crippen molar-refractivity contribution in [2.75, 3.05) is 11.9 Å². The molecule has 0 unspecified atom stereocenters. The van der Waals surface area contributed by atoms with Gasteiger partial charge in [0.2, 0.25) is 0 Å². The second-order valence-corrected chi connectivity index (χ2v) is 3.92. The van der Waals surface area contributed by atoms with Crippen LogP contribution in [0.25, 0.3) is 11.0 Å². The van der Waals surface area contributed by atoms with E-state index in [2.05, 4.69) is 21.2 Å². The highest BCUT2D eigenvalue weighted by Gasteiger charge is 2.05. The van der Waals surface area contributed by atoms with Crippen molar-refractivity contribution in [1.82, 2.24) is 0 Å². The van der Waals surface area contributed by atoms with Gasteiger partial charge < -0.3 is 9.73 Å². The fourth-order valence-corrected chi connectivity index (χ4v) is 2.04. The second kappa shape index (κ2) is 4.06. The van der Waals surface area contributed by atoms with Crippen molar-refractivity contribution >= 4 is 32.6 Å². The average molecular weight is 268 g/mol. The van der Waals surface area contributed by atoms with Crippen LogP contribution in [0.1, 0.15) is 6.92 Å². The van der Waals surface area contributed by atoms with Gasteiger partial charge in [0.05, 0.1) is 4.47 Å². The normalized spacial score (nSPS) is 10.5. The summed E-state index contributed by atoms with van der Waals surface area (Å²) in [6.07, 6.45) is 0. The van der Waals surface area contributed by atoms with Gasteiger partial charge in [-0.25, -0.2) is 4.79 Å². The topological polar surface area (TPSA) is 42.2 Å². The van der Waals surface area contributed by atoms with Gasteiger partial charge in [0.25, 0.3) is 0 Å². The third-order valence-electron chi connectivity index (χ3n) is 2.10. The molecule has 0 fully saturated rings. The summed E-state index contributed by atoms with van der Waals surface area (Å²) in [5.41, 5.74) is 1.26. The van der Waals surface area contributed by atoms with Crippen LogP contribution in [0, 0.1) is 0 Å². The molecule has 1 aromatic carbocycles. The highest BCUT2D eigenvalue weighted by Crippen LogP contribution is 2.30. The van der Waals surface area contributed by atoms with Crippen LogP contribution in [0.4, 0.5) is 5.69 Å². The maximum Gasteiger partial charge on any atom is 0.336 e. The van der Waals surface area contributed by atoms with Crippen molar-refractivity contribution in [2.24, 2.45) is 0 Å². The summed E-state index contributed by atoms with van der Waals surface area (Å²) in [7, 11) is 0. The van der Waals surface area contributed by atoms with Gasteiger partial charge in [-0.15, -0.1) is 0 Å². The van der Waals surface area contributed by atoms with Crippen LogP contribution in [-0.4, -0.2) is 6.54 Å². The number of rotatable bonds is 2. The number of nitrogens with one attached hydrogen (secondary N) is 1. The monoisotopic (exact) mass is 267 g/mol. The van der Waals surface area contributed by atoms with Crippen molar-refractivity contribution in [3.63, 3.8) is 0 Å². The Kier molecular flexibility index (Phi) is 2.77. The van der Waals surface area contributed by atoms with E-state index in [4.69, 9.17) is 4.42 Å². The first-order chi connectivity index (χ1) is 7.22. The van der Waals surface area contributed by atoms with Gasteiger partial charge in [0.1, 0.15) is 5.58 Å². The molecule has 0 bridgehead atoms. The zero-order valence-electron chi connectivity index (χ0n) is 8.21. The lowest BCUT2D eigenvalue weighted by molar-refractivity contribution is 0.561. The van der Waals surface area contributed by atoms with Crippen LogP contribution < -0.4 is 10.9 Å². The molecule has 0 aliphatic carbocycles. The maximum absolute atomic E-state index is 11.0. The molecule has 2 rings (SSSR count). The lowest BCUT2D eigenvalue weighted by Gasteiger charge is -2.07. The van der Waals surface area contributed by atoms with E-state index in [1.807, 2.05) is 13.0 Å². The molecule has 0 spiro atoms. The third kappa shape index (κ3) is 1.90. The van der Waals surface area contributed by atoms with E-state index in [0.29, 0.717) is 5.58 Å². The highest BCUT2D eigenvalue weighted by atomic mass is 79.9. The van der Waals surface area contributed by atoms with Crippen LogP contribution in [-0.2, 0) is 0 Å². The summed E-state index contributed by atoms with van der Waals surface area (Å²) in [6.45, 7) is 2.88. The molecule has 0 radical (unpaired) electrons. The molecule has 0 aliphatic heterocycles. The Morgan fingerprint density at radius 3 is 2.87 bits per heavy atom. The molecule has 0 aliphatic rings. The van der Waals surface area contributed by atoms with Crippen LogP contribution in [0.5, 0.6) is 0 Å². The molecule has 3 nitrogen and oxygen atoms in total. The van der Waals surface area contributed by atoms with E-state index < -0.39 is 0 Å². The Balaban J connectivity index is 2.68. The van der Waals surface area contributed by atoms with E-state index in [1.54, 1.807) is 12.1 Å². The number of halogens is 1. The summed E-state index contributed by atoms with van der Waals surface area (Å²) < 4.78 is 5.98. The number of benzene rings is 1. The van der Waals surface area contributed by atoms with Gasteiger partial charge in [0, 0.05) is 23.7 Å². The minimum atomic E-state index is -0.328. The van der Waals surface area contributed by atoms with Crippen LogP contribution in [0.3, 0.4) is 0 Å². The standard InChI is InChI=1S/C11H10BrNO2/c1-2-13-8-4-5-9-7(11(8)12)3-6-10(14)15-9/h3-6,13H,2H2,1H3. The van der Waals surface area contributed by atoms with E-state index in [9.17, 15) is 4.79 Å². The molecular formula is C11H10BrNO2. The Labute approximate surface area is 95.2 Å². The zero-order valence-corrected chi connectivity index (χ0v) is 9.80. The zero-order chi connectivity index (χ0) is 10.8. The van der Waals surface area contributed by atoms with E-state index in [-0.39, 0.29) is 5.63 Å². The molecule has 1 heterocycles. The molecule has 1 aromatic heterocycles. The van der Waals surface area contributed by atoms with Crippen molar-refractivity contribution in [3.05, 3.63) is 39.2 Å². The molecule has 1 N–H and O–H groups in total. The third-order valence-corrected chi connectivity index (χ3v) is 2.96. The fourth-order valence-electron chi connectivity index (χ4n) is 1.44. The van der Waals surface area contributed by atoms with E-state index in [1.165, 1.54) is 6.07 Å². The van der Waals surface area contributed by atoms with Crippen LogP contribution in [0.2, 0.25) is 0 Å². The Morgan fingerprint density at radius 2 is 2.13 bits per heavy atom. The van der Waals surface area contributed by atoms with Gasteiger partial charge in [0.15, 0.2) is 0 Å². The number of hydrogen-bond acceptors (Lipinski definition) is 3. The van der Waals surface area contributed by atoms with Gasteiger partial charge in [-0.1, -0.05) is 0 Å². The first-order valence-corrected chi connectivity index (χ1v) is 5.48. The van der Waals surface area contributed by atoms with Crippen molar-refractivity contribution < 1.29 is 4.42 Å². The SMILES string of the molecule is CCNc1ccc2oc(=O)ccc2c1Br. The summed E-state index contributed by atoms with van der Waals surface area (Å²) in [5.74, 6) is 0. The fraction of sp³-hybridized carbons (Fsp3) is 0.182. The minimum absolute atomic E-state index is 0.328. The lowest BCUT2D eigenvalue weighted by Crippen LogP contribution is -1.99. The predicted molar refractivity (Wildman–Crippen MR) is 64.3 cm³/mol. The Morgan fingerprint density at radius 1 is 1.33 bits per heavy atom. The second-order valence-electron chi connectivity index (χ2n) is 3.12. The molecule has 4 heteroatoms. The molecule has 15 heavy (non-hydrogen) atoms. The summed E-state index contributed by atoms with van der Waals surface area (Å²) >= 11 is 3.48. The molecule has 0 saturated heterocycles. The molecule has 0 atom stereocenters.